The van der Waals surface area contributed by atoms with E-state index in [2.05, 4.69) is 47.7 Å². The smallest absolute Gasteiger partial charge is 0.118 e. The van der Waals surface area contributed by atoms with Crippen molar-refractivity contribution in [3.05, 3.63) is 76.5 Å². The number of thioether (sulfide) groups is 1. The van der Waals surface area contributed by atoms with Gasteiger partial charge in [0.1, 0.15) is 11.5 Å². The summed E-state index contributed by atoms with van der Waals surface area (Å²) in [6.45, 7) is 3.23. The molecule has 4 nitrogen and oxygen atoms in total. The lowest BCUT2D eigenvalue weighted by Gasteiger charge is -2.26. The summed E-state index contributed by atoms with van der Waals surface area (Å²) < 4.78 is 10.6. The molecule has 1 atom stereocenters. The molecule has 2 aliphatic rings. The number of hydrazine groups is 1. The van der Waals surface area contributed by atoms with Crippen molar-refractivity contribution in [1.29, 1.82) is 0 Å². The summed E-state index contributed by atoms with van der Waals surface area (Å²) in [5.74, 6) is 3.87. The molecule has 0 fully saturated rings. The number of benzene rings is 2. The number of nitrogens with one attached hydrogen (secondary N) is 1. The van der Waals surface area contributed by atoms with E-state index >= 15 is 0 Å². The van der Waals surface area contributed by atoms with E-state index in [1.807, 2.05) is 36.0 Å². The van der Waals surface area contributed by atoms with E-state index in [0.717, 1.165) is 36.0 Å². The second-order valence-electron chi connectivity index (χ2n) is 7.30. The van der Waals surface area contributed by atoms with Crippen LogP contribution in [0.1, 0.15) is 30.5 Å². The second-order valence-corrected chi connectivity index (χ2v) is 8.28. The zero-order chi connectivity index (χ0) is 20.2. The lowest BCUT2D eigenvalue weighted by molar-refractivity contribution is 0.259. The zero-order valence-corrected chi connectivity index (χ0v) is 18.1. The Bertz CT molecular complexity index is 903. The van der Waals surface area contributed by atoms with Crippen molar-refractivity contribution >= 4 is 17.8 Å². The van der Waals surface area contributed by atoms with Gasteiger partial charge in [-0.05, 0) is 59.0 Å². The molecule has 1 unspecified atom stereocenters. The molecule has 0 aromatic heterocycles. The fraction of sp³-hybridized carbons (Fsp3) is 0.333. The average molecular weight is 409 g/mol. The molecular formula is C24H28N2O2S. The summed E-state index contributed by atoms with van der Waals surface area (Å²) in [5.41, 5.74) is 10.5. The van der Waals surface area contributed by atoms with Crippen molar-refractivity contribution in [3.63, 3.8) is 0 Å². The van der Waals surface area contributed by atoms with Crippen LogP contribution in [0.2, 0.25) is 0 Å². The van der Waals surface area contributed by atoms with Gasteiger partial charge in [0.15, 0.2) is 0 Å². The van der Waals surface area contributed by atoms with Crippen LogP contribution in [0.15, 0.2) is 65.4 Å². The quantitative estimate of drug-likeness (QED) is 0.723. The van der Waals surface area contributed by atoms with Gasteiger partial charge in [0.25, 0.3) is 0 Å². The molecule has 1 N–H and O–H groups in total. The Hall–Kier alpha value is -2.37. The monoisotopic (exact) mass is 408 g/mol. The number of methoxy groups -OCH3 is 2. The van der Waals surface area contributed by atoms with Crippen molar-refractivity contribution in [3.8, 4) is 11.5 Å². The van der Waals surface area contributed by atoms with Crippen LogP contribution in [0.25, 0.3) is 6.08 Å². The van der Waals surface area contributed by atoms with Gasteiger partial charge in [-0.15, -0.1) is 0 Å². The first-order valence-corrected chi connectivity index (χ1v) is 11.2. The fourth-order valence-corrected chi connectivity index (χ4v) is 5.03. The number of hydrogen-bond donors (Lipinski definition) is 1. The minimum Gasteiger partial charge on any atom is -0.497 e. The number of nitrogens with zero attached hydrogens (tertiary/aromatic N) is 1. The molecule has 5 heteroatoms. The van der Waals surface area contributed by atoms with Crippen LogP contribution in [-0.2, 0) is 0 Å². The molecule has 29 heavy (non-hydrogen) atoms. The van der Waals surface area contributed by atoms with E-state index in [9.17, 15) is 0 Å². The van der Waals surface area contributed by atoms with E-state index in [0.29, 0.717) is 0 Å². The molecule has 2 aliphatic heterocycles. The van der Waals surface area contributed by atoms with E-state index < -0.39 is 0 Å². The Labute approximate surface area is 177 Å². The van der Waals surface area contributed by atoms with Crippen LogP contribution in [-0.4, -0.2) is 37.3 Å². The van der Waals surface area contributed by atoms with Crippen molar-refractivity contribution in [2.24, 2.45) is 0 Å². The summed E-state index contributed by atoms with van der Waals surface area (Å²) >= 11 is 1.99. The van der Waals surface area contributed by atoms with Crippen LogP contribution in [0.3, 0.4) is 0 Å². The van der Waals surface area contributed by atoms with E-state index in [1.165, 1.54) is 28.0 Å². The molecule has 0 saturated heterocycles. The topological polar surface area (TPSA) is 33.7 Å². The van der Waals surface area contributed by atoms with Crippen molar-refractivity contribution in [2.75, 3.05) is 32.3 Å². The normalized spacial score (nSPS) is 20.2. The predicted octanol–water partition coefficient (Wildman–Crippen LogP) is 5.06. The lowest BCUT2D eigenvalue weighted by atomic mass is 9.97. The summed E-state index contributed by atoms with van der Waals surface area (Å²) in [7, 11) is 3.41. The minimum absolute atomic E-state index is 0.217. The molecule has 0 spiro atoms. The summed E-state index contributed by atoms with van der Waals surface area (Å²) in [5, 5.41) is 2.36. The Morgan fingerprint density at radius 2 is 1.66 bits per heavy atom. The second kappa shape index (κ2) is 8.97. The molecule has 2 aromatic carbocycles. The summed E-state index contributed by atoms with van der Waals surface area (Å²) in [6.07, 6.45) is 3.42. The standard InChI is InChI=1S/C24H28N2O2S/c1-4-13-26-24-19(14-17-5-9-20(27-2)10-6-17)15-29-16-22(24)23(25-26)18-7-11-21(28-3)12-8-18/h5-12,14,23,25H,4,13,15-16H2,1-3H3. The zero-order valence-electron chi connectivity index (χ0n) is 17.3. The molecule has 152 valence electrons. The van der Waals surface area contributed by atoms with Gasteiger partial charge in [0.2, 0.25) is 0 Å². The molecule has 0 bridgehead atoms. The Kier molecular flexibility index (Phi) is 6.16. The van der Waals surface area contributed by atoms with Gasteiger partial charge >= 0.3 is 0 Å². The highest BCUT2D eigenvalue weighted by Gasteiger charge is 2.35. The van der Waals surface area contributed by atoms with Crippen molar-refractivity contribution < 1.29 is 9.47 Å². The van der Waals surface area contributed by atoms with Crippen LogP contribution in [0.5, 0.6) is 11.5 Å². The van der Waals surface area contributed by atoms with Gasteiger partial charge in [-0.25, -0.2) is 5.43 Å². The molecule has 2 heterocycles. The molecular weight excluding hydrogens is 380 g/mol. The molecule has 4 rings (SSSR count). The van der Waals surface area contributed by atoms with Crippen LogP contribution in [0, 0.1) is 0 Å². The molecule has 0 aliphatic carbocycles. The van der Waals surface area contributed by atoms with Gasteiger partial charge in [0.05, 0.1) is 26.0 Å². The van der Waals surface area contributed by atoms with E-state index in [-0.39, 0.29) is 6.04 Å². The minimum atomic E-state index is 0.217. The Balaban J connectivity index is 1.70. The van der Waals surface area contributed by atoms with Gasteiger partial charge in [-0.1, -0.05) is 31.2 Å². The molecule has 0 amide bonds. The molecule has 0 saturated carbocycles. The van der Waals surface area contributed by atoms with Gasteiger partial charge < -0.3 is 14.5 Å². The highest BCUT2D eigenvalue weighted by molar-refractivity contribution is 7.99. The van der Waals surface area contributed by atoms with Gasteiger partial charge in [-0.3, -0.25) is 0 Å². The highest BCUT2D eigenvalue weighted by Crippen LogP contribution is 2.42. The van der Waals surface area contributed by atoms with Crippen LogP contribution < -0.4 is 14.9 Å². The van der Waals surface area contributed by atoms with E-state index in [4.69, 9.17) is 9.47 Å². The maximum absolute atomic E-state index is 5.33. The Morgan fingerprint density at radius 1 is 1.00 bits per heavy atom. The summed E-state index contributed by atoms with van der Waals surface area (Å²) in [6, 6.07) is 16.9. The third kappa shape index (κ3) is 4.16. The van der Waals surface area contributed by atoms with E-state index in [1.54, 1.807) is 14.2 Å². The number of ether oxygens (including phenoxy) is 2. The van der Waals surface area contributed by atoms with Gasteiger partial charge in [-0.2, -0.15) is 11.8 Å². The predicted molar refractivity (Wildman–Crippen MR) is 121 cm³/mol. The first-order chi connectivity index (χ1) is 14.2. The summed E-state index contributed by atoms with van der Waals surface area (Å²) in [4.78, 5) is 0. The largest absolute Gasteiger partial charge is 0.497 e. The lowest BCUT2D eigenvalue weighted by Crippen LogP contribution is -2.34. The maximum Gasteiger partial charge on any atom is 0.118 e. The third-order valence-corrected chi connectivity index (χ3v) is 6.41. The number of allylic oxidation sites excluding steroid dienone is 1. The third-order valence-electron chi connectivity index (χ3n) is 5.38. The van der Waals surface area contributed by atoms with Crippen molar-refractivity contribution in [1.82, 2.24) is 10.4 Å². The Morgan fingerprint density at radius 3 is 2.28 bits per heavy atom. The first-order valence-electron chi connectivity index (χ1n) is 10.1. The van der Waals surface area contributed by atoms with Crippen LogP contribution in [0.4, 0.5) is 0 Å². The SMILES string of the molecule is CCCN1NC(c2ccc(OC)cc2)C2=C1C(=Cc1ccc(OC)cc1)CSC2. The first kappa shape index (κ1) is 19.9. The molecule has 0 radical (unpaired) electrons. The average Bonchev–Trinajstić information content (AvgIpc) is 3.14. The number of rotatable bonds is 6. The molecule has 2 aromatic rings. The highest BCUT2D eigenvalue weighted by atomic mass is 32.2. The number of hydrogen-bond acceptors (Lipinski definition) is 5. The van der Waals surface area contributed by atoms with Crippen LogP contribution >= 0.6 is 11.8 Å². The fourth-order valence-electron chi connectivity index (χ4n) is 3.96. The maximum atomic E-state index is 5.33. The van der Waals surface area contributed by atoms with Crippen molar-refractivity contribution in [2.45, 2.75) is 19.4 Å². The van der Waals surface area contributed by atoms with Gasteiger partial charge in [0, 0.05) is 18.1 Å².